The highest BCUT2D eigenvalue weighted by atomic mass is 16.5. The summed E-state index contributed by atoms with van der Waals surface area (Å²) < 4.78 is 6.01. The third-order valence-electron chi connectivity index (χ3n) is 4.42. The molecule has 2 heteroatoms. The van der Waals surface area contributed by atoms with Gasteiger partial charge >= 0.3 is 0 Å². The van der Waals surface area contributed by atoms with Crippen LogP contribution in [0.1, 0.15) is 16.7 Å². The number of anilines is 1. The molecule has 4 rings (SSSR count). The molecule has 2 nitrogen and oxygen atoms in total. The molecule has 22 heavy (non-hydrogen) atoms. The molecule has 0 bridgehead atoms. The van der Waals surface area contributed by atoms with Crippen LogP contribution in [0.4, 0.5) is 5.69 Å². The van der Waals surface area contributed by atoms with Crippen molar-refractivity contribution in [3.05, 3.63) is 71.3 Å². The lowest BCUT2D eigenvalue weighted by molar-refractivity contribution is 0.290. The van der Waals surface area contributed by atoms with Crippen molar-refractivity contribution in [1.82, 2.24) is 0 Å². The van der Waals surface area contributed by atoms with Crippen molar-refractivity contribution in [2.45, 2.75) is 20.4 Å². The molecule has 0 radical (unpaired) electrons. The van der Waals surface area contributed by atoms with Gasteiger partial charge in [0.1, 0.15) is 5.75 Å². The summed E-state index contributed by atoms with van der Waals surface area (Å²) in [6, 6.07) is 19.4. The van der Waals surface area contributed by atoms with Crippen LogP contribution in [0.2, 0.25) is 0 Å². The summed E-state index contributed by atoms with van der Waals surface area (Å²) in [6.07, 6.45) is 0. The van der Waals surface area contributed by atoms with E-state index >= 15 is 0 Å². The average Bonchev–Trinajstić information content (AvgIpc) is 2.54. The second-order valence-corrected chi connectivity index (χ2v) is 6.02. The van der Waals surface area contributed by atoms with Gasteiger partial charge in [0.05, 0.1) is 6.54 Å². The topological polar surface area (TPSA) is 12.5 Å². The number of nitrogens with zero attached hydrogens (tertiary/aromatic N) is 1. The summed E-state index contributed by atoms with van der Waals surface area (Å²) >= 11 is 0. The monoisotopic (exact) mass is 289 g/mol. The first-order valence-electron chi connectivity index (χ1n) is 7.68. The van der Waals surface area contributed by atoms with Crippen LogP contribution in [0, 0.1) is 13.8 Å². The molecule has 0 fully saturated rings. The van der Waals surface area contributed by atoms with Crippen molar-refractivity contribution in [2.75, 3.05) is 11.6 Å². The standard InChI is InChI=1S/C20H19NO/c1-14-7-9-19(15(2)11-14)21-12-18-17-6-4-3-5-16(17)8-10-20(18)22-13-21/h3-11H,12-13H2,1-2H3. The lowest BCUT2D eigenvalue weighted by Gasteiger charge is -2.32. The Hall–Kier alpha value is -2.48. The number of fused-ring (bicyclic) bond motifs is 3. The summed E-state index contributed by atoms with van der Waals surface area (Å²) in [7, 11) is 0. The van der Waals surface area contributed by atoms with Gasteiger partial charge in [-0.1, -0.05) is 48.0 Å². The SMILES string of the molecule is Cc1ccc(N2COc3ccc4ccccc4c3C2)c(C)c1. The average molecular weight is 289 g/mol. The van der Waals surface area contributed by atoms with E-state index in [1.165, 1.54) is 33.2 Å². The predicted molar refractivity (Wildman–Crippen MR) is 91.5 cm³/mol. The van der Waals surface area contributed by atoms with E-state index in [-0.39, 0.29) is 0 Å². The maximum Gasteiger partial charge on any atom is 0.161 e. The molecule has 1 aliphatic heterocycles. The molecule has 0 saturated heterocycles. The number of benzene rings is 3. The molecule has 0 N–H and O–H groups in total. The van der Waals surface area contributed by atoms with Crippen molar-refractivity contribution < 1.29 is 4.74 Å². The minimum absolute atomic E-state index is 0.606. The fraction of sp³-hybridized carbons (Fsp3) is 0.200. The predicted octanol–water partition coefficient (Wildman–Crippen LogP) is 4.81. The highest BCUT2D eigenvalue weighted by Crippen LogP contribution is 2.34. The molecule has 0 aromatic heterocycles. The maximum atomic E-state index is 6.01. The molecule has 3 aromatic carbocycles. The van der Waals surface area contributed by atoms with Gasteiger partial charge in [-0.25, -0.2) is 0 Å². The van der Waals surface area contributed by atoms with Crippen LogP contribution in [0.3, 0.4) is 0 Å². The zero-order valence-corrected chi connectivity index (χ0v) is 13.0. The molecule has 3 aromatic rings. The smallest absolute Gasteiger partial charge is 0.161 e. The van der Waals surface area contributed by atoms with E-state index in [0.717, 1.165) is 12.3 Å². The van der Waals surface area contributed by atoms with Gasteiger partial charge in [-0.3, -0.25) is 0 Å². The second-order valence-electron chi connectivity index (χ2n) is 6.02. The normalized spacial score (nSPS) is 13.8. The van der Waals surface area contributed by atoms with Crippen molar-refractivity contribution in [2.24, 2.45) is 0 Å². The van der Waals surface area contributed by atoms with E-state index < -0.39 is 0 Å². The van der Waals surface area contributed by atoms with E-state index in [9.17, 15) is 0 Å². The lowest BCUT2D eigenvalue weighted by atomic mass is 10.0. The zero-order valence-electron chi connectivity index (χ0n) is 13.0. The third kappa shape index (κ3) is 2.12. The Morgan fingerprint density at radius 2 is 1.82 bits per heavy atom. The first-order valence-corrected chi connectivity index (χ1v) is 7.68. The molecule has 1 aliphatic rings. The van der Waals surface area contributed by atoms with Crippen LogP contribution in [0.15, 0.2) is 54.6 Å². The number of ether oxygens (including phenoxy) is 1. The fourth-order valence-corrected chi connectivity index (χ4v) is 3.31. The van der Waals surface area contributed by atoms with Crippen LogP contribution >= 0.6 is 0 Å². The van der Waals surface area contributed by atoms with Crippen molar-refractivity contribution in [3.8, 4) is 5.75 Å². The Labute approximate surface area is 130 Å². The van der Waals surface area contributed by atoms with Crippen molar-refractivity contribution in [3.63, 3.8) is 0 Å². The number of aryl methyl sites for hydroxylation is 2. The number of hydrogen-bond donors (Lipinski definition) is 0. The van der Waals surface area contributed by atoms with Gasteiger partial charge in [-0.15, -0.1) is 0 Å². The zero-order chi connectivity index (χ0) is 15.1. The molecule has 0 atom stereocenters. The minimum atomic E-state index is 0.606. The summed E-state index contributed by atoms with van der Waals surface area (Å²) in [4.78, 5) is 2.31. The second kappa shape index (κ2) is 5.06. The van der Waals surface area contributed by atoms with Gasteiger partial charge in [0, 0.05) is 11.3 Å². The van der Waals surface area contributed by atoms with E-state index in [1.54, 1.807) is 0 Å². The van der Waals surface area contributed by atoms with Gasteiger partial charge in [0.25, 0.3) is 0 Å². The van der Waals surface area contributed by atoms with Gasteiger partial charge in [0.15, 0.2) is 6.73 Å². The third-order valence-corrected chi connectivity index (χ3v) is 4.42. The fourth-order valence-electron chi connectivity index (χ4n) is 3.31. The lowest BCUT2D eigenvalue weighted by Crippen LogP contribution is -2.32. The number of hydrogen-bond acceptors (Lipinski definition) is 2. The van der Waals surface area contributed by atoms with E-state index in [2.05, 4.69) is 73.3 Å². The molecule has 110 valence electrons. The Bertz CT molecular complexity index is 853. The van der Waals surface area contributed by atoms with Gasteiger partial charge in [0.2, 0.25) is 0 Å². The minimum Gasteiger partial charge on any atom is -0.473 e. The Morgan fingerprint density at radius 1 is 0.955 bits per heavy atom. The molecule has 1 heterocycles. The number of rotatable bonds is 1. The quantitative estimate of drug-likeness (QED) is 0.637. The summed E-state index contributed by atoms with van der Waals surface area (Å²) in [6.45, 7) is 5.79. The summed E-state index contributed by atoms with van der Waals surface area (Å²) in [5.41, 5.74) is 5.13. The van der Waals surface area contributed by atoms with E-state index in [1.807, 2.05) is 0 Å². The van der Waals surface area contributed by atoms with Gasteiger partial charge < -0.3 is 9.64 Å². The first-order chi connectivity index (χ1) is 10.7. The molecule has 0 aliphatic carbocycles. The maximum absolute atomic E-state index is 6.01. The van der Waals surface area contributed by atoms with Crippen LogP contribution in [0.25, 0.3) is 10.8 Å². The van der Waals surface area contributed by atoms with Crippen molar-refractivity contribution in [1.29, 1.82) is 0 Å². The van der Waals surface area contributed by atoms with Gasteiger partial charge in [-0.2, -0.15) is 0 Å². The van der Waals surface area contributed by atoms with Crippen molar-refractivity contribution >= 4 is 16.5 Å². The molecule has 0 saturated carbocycles. The Morgan fingerprint density at radius 3 is 2.68 bits per heavy atom. The molecular formula is C20H19NO. The highest BCUT2D eigenvalue weighted by molar-refractivity contribution is 5.88. The molecule has 0 amide bonds. The van der Waals surface area contributed by atoms with Crippen LogP contribution in [-0.4, -0.2) is 6.73 Å². The van der Waals surface area contributed by atoms with Crippen LogP contribution in [-0.2, 0) is 6.54 Å². The van der Waals surface area contributed by atoms with Gasteiger partial charge in [-0.05, 0) is 42.3 Å². The largest absolute Gasteiger partial charge is 0.473 e. The van der Waals surface area contributed by atoms with E-state index in [4.69, 9.17) is 4.74 Å². The summed E-state index contributed by atoms with van der Waals surface area (Å²) in [5.74, 6) is 1.01. The molecule has 0 unspecified atom stereocenters. The Balaban J connectivity index is 1.78. The first kappa shape index (κ1) is 13.2. The highest BCUT2D eigenvalue weighted by Gasteiger charge is 2.20. The molecule has 0 spiro atoms. The van der Waals surface area contributed by atoms with Crippen LogP contribution < -0.4 is 9.64 Å². The summed E-state index contributed by atoms with van der Waals surface area (Å²) in [5, 5.41) is 2.56. The Kier molecular flexibility index (Phi) is 3.04. The van der Waals surface area contributed by atoms with Crippen LogP contribution in [0.5, 0.6) is 5.75 Å². The molecular weight excluding hydrogens is 270 g/mol. The van der Waals surface area contributed by atoms with E-state index in [0.29, 0.717) is 6.73 Å².